The molecule has 1 heterocycles. The zero-order valence-corrected chi connectivity index (χ0v) is 20.1. The van der Waals surface area contributed by atoms with E-state index in [0.29, 0.717) is 5.56 Å². The molecule has 0 unspecified atom stereocenters. The third-order valence-electron chi connectivity index (χ3n) is 6.21. The molecule has 1 aromatic heterocycles. The minimum atomic E-state index is -4.83. The molecule has 0 aliphatic heterocycles. The molecule has 7 heteroatoms. The Hall–Kier alpha value is -4.31. The van der Waals surface area contributed by atoms with E-state index < -0.39 is 23.0 Å². The molecular formula is C29H24F3N3O. The first-order valence-corrected chi connectivity index (χ1v) is 11.3. The van der Waals surface area contributed by atoms with Crippen molar-refractivity contribution in [2.45, 2.75) is 26.6 Å². The van der Waals surface area contributed by atoms with Crippen molar-refractivity contribution in [3.63, 3.8) is 0 Å². The maximum Gasteiger partial charge on any atom is 0.407 e. The van der Waals surface area contributed by atoms with Gasteiger partial charge in [0.1, 0.15) is 0 Å². The third kappa shape index (κ3) is 4.89. The summed E-state index contributed by atoms with van der Waals surface area (Å²) in [6, 6.07) is 23.3. The molecule has 0 fully saturated rings. The second kappa shape index (κ2) is 9.74. The lowest BCUT2D eigenvalue weighted by atomic mass is 10.0. The molecule has 0 aliphatic rings. The van der Waals surface area contributed by atoms with Crippen LogP contribution in [0.2, 0.25) is 0 Å². The van der Waals surface area contributed by atoms with Crippen LogP contribution in [0.4, 0.5) is 30.2 Å². The van der Waals surface area contributed by atoms with Crippen molar-refractivity contribution in [2.75, 3.05) is 11.9 Å². The van der Waals surface area contributed by atoms with Crippen molar-refractivity contribution in [3.8, 4) is 11.3 Å². The minimum Gasteiger partial charge on any atom is -0.345 e. The number of nitrogens with zero attached hydrogens (tertiary/aromatic N) is 3. The van der Waals surface area contributed by atoms with Gasteiger partial charge >= 0.3 is 6.18 Å². The molecule has 0 radical (unpaired) electrons. The predicted molar refractivity (Wildman–Crippen MR) is 137 cm³/mol. The van der Waals surface area contributed by atoms with Crippen LogP contribution in [0.15, 0.2) is 83.7 Å². The van der Waals surface area contributed by atoms with Gasteiger partial charge in [-0.25, -0.2) is 4.85 Å². The standard InChI is InChI=1S/C29H24F3N3O/c1-19-10-11-22(20(2)16-19)18-35-26(17-25(29(30,31)32)27(33-3)28(35)36)21-12-14-24(15-13-21)34(4)23-8-6-5-7-9-23/h5-17H,18H2,1-2,4H3. The molecule has 0 atom stereocenters. The summed E-state index contributed by atoms with van der Waals surface area (Å²) in [4.78, 5) is 18.2. The number of aromatic nitrogens is 1. The number of pyridine rings is 1. The average molecular weight is 488 g/mol. The topological polar surface area (TPSA) is 29.6 Å². The monoisotopic (exact) mass is 487 g/mol. The summed E-state index contributed by atoms with van der Waals surface area (Å²) >= 11 is 0. The summed E-state index contributed by atoms with van der Waals surface area (Å²) in [6.45, 7) is 11.2. The molecule has 4 aromatic rings. The van der Waals surface area contributed by atoms with Crippen LogP contribution >= 0.6 is 0 Å². The van der Waals surface area contributed by atoms with Crippen LogP contribution in [0.5, 0.6) is 0 Å². The Morgan fingerprint density at radius 2 is 1.56 bits per heavy atom. The highest BCUT2D eigenvalue weighted by atomic mass is 19.4. The fraction of sp³-hybridized carbons (Fsp3) is 0.172. The number of alkyl halides is 3. The van der Waals surface area contributed by atoms with Crippen molar-refractivity contribution in [1.29, 1.82) is 0 Å². The quantitative estimate of drug-likeness (QED) is 0.273. The second-order valence-electron chi connectivity index (χ2n) is 8.66. The van der Waals surface area contributed by atoms with Crippen LogP contribution < -0.4 is 10.5 Å². The minimum absolute atomic E-state index is 0.0482. The molecular weight excluding hydrogens is 463 g/mol. The zero-order valence-electron chi connectivity index (χ0n) is 20.1. The molecule has 0 aliphatic carbocycles. The van der Waals surface area contributed by atoms with Gasteiger partial charge in [0.25, 0.3) is 11.2 Å². The number of hydrogen-bond acceptors (Lipinski definition) is 2. The molecule has 0 amide bonds. The van der Waals surface area contributed by atoms with E-state index in [1.54, 1.807) is 24.3 Å². The number of aryl methyl sites for hydroxylation is 2. The molecule has 3 aromatic carbocycles. The van der Waals surface area contributed by atoms with Crippen LogP contribution in [0.1, 0.15) is 22.3 Å². The van der Waals surface area contributed by atoms with E-state index >= 15 is 0 Å². The summed E-state index contributed by atoms with van der Waals surface area (Å²) in [7, 11) is 1.90. The Labute approximate surface area is 207 Å². The Bertz CT molecular complexity index is 1500. The van der Waals surface area contributed by atoms with E-state index in [1.165, 1.54) is 4.57 Å². The fourth-order valence-corrected chi connectivity index (χ4v) is 4.21. The summed E-state index contributed by atoms with van der Waals surface area (Å²) in [6.07, 6.45) is -4.83. The van der Waals surface area contributed by atoms with E-state index in [2.05, 4.69) is 4.85 Å². The van der Waals surface area contributed by atoms with Gasteiger partial charge in [-0.15, -0.1) is 0 Å². The lowest BCUT2D eigenvalue weighted by molar-refractivity contribution is -0.136. The summed E-state index contributed by atoms with van der Waals surface area (Å²) in [5.74, 6) is 0. The number of hydrogen-bond donors (Lipinski definition) is 0. The van der Waals surface area contributed by atoms with Gasteiger partial charge < -0.3 is 9.47 Å². The van der Waals surface area contributed by atoms with Crippen molar-refractivity contribution >= 4 is 17.1 Å². The van der Waals surface area contributed by atoms with Gasteiger partial charge in [0.05, 0.1) is 18.7 Å². The van der Waals surface area contributed by atoms with Gasteiger partial charge in [0.2, 0.25) is 0 Å². The highest BCUT2D eigenvalue weighted by molar-refractivity contribution is 5.70. The highest BCUT2D eigenvalue weighted by Gasteiger charge is 2.36. The molecule has 0 bridgehead atoms. The summed E-state index contributed by atoms with van der Waals surface area (Å²) < 4.78 is 42.8. The smallest absolute Gasteiger partial charge is 0.345 e. The van der Waals surface area contributed by atoms with Gasteiger partial charge in [-0.3, -0.25) is 4.79 Å². The lowest BCUT2D eigenvalue weighted by Gasteiger charge is -2.21. The molecule has 0 saturated heterocycles. The van der Waals surface area contributed by atoms with E-state index in [-0.39, 0.29) is 12.2 Å². The molecule has 4 rings (SSSR count). The Kier molecular flexibility index (Phi) is 6.71. The first-order valence-electron chi connectivity index (χ1n) is 11.3. The van der Waals surface area contributed by atoms with Gasteiger partial charge in [-0.1, -0.05) is 54.1 Å². The number of rotatable bonds is 5. The van der Waals surface area contributed by atoms with Crippen LogP contribution in [0.3, 0.4) is 0 Å². The van der Waals surface area contributed by atoms with Gasteiger partial charge in [0, 0.05) is 24.1 Å². The van der Waals surface area contributed by atoms with Crippen molar-refractivity contribution in [2.24, 2.45) is 0 Å². The van der Waals surface area contributed by atoms with E-state index in [0.717, 1.165) is 34.1 Å². The van der Waals surface area contributed by atoms with Crippen LogP contribution in [0.25, 0.3) is 16.1 Å². The lowest BCUT2D eigenvalue weighted by Crippen LogP contribution is -2.25. The molecule has 182 valence electrons. The second-order valence-corrected chi connectivity index (χ2v) is 8.66. The van der Waals surface area contributed by atoms with Crippen molar-refractivity contribution < 1.29 is 13.2 Å². The maximum atomic E-state index is 13.8. The first-order chi connectivity index (χ1) is 17.1. The van der Waals surface area contributed by atoms with Crippen LogP contribution in [-0.2, 0) is 12.7 Å². The number of para-hydroxylation sites is 1. The number of benzene rings is 3. The van der Waals surface area contributed by atoms with E-state index in [9.17, 15) is 18.0 Å². The van der Waals surface area contributed by atoms with Crippen molar-refractivity contribution in [3.05, 3.63) is 123 Å². The predicted octanol–water partition coefficient (Wildman–Crippen LogP) is 7.52. The largest absolute Gasteiger partial charge is 0.407 e. The molecule has 0 N–H and O–H groups in total. The third-order valence-corrected chi connectivity index (χ3v) is 6.21. The normalized spacial score (nSPS) is 11.2. The molecule has 0 saturated carbocycles. The van der Waals surface area contributed by atoms with Gasteiger partial charge in [-0.2, -0.15) is 13.2 Å². The Balaban J connectivity index is 1.87. The first kappa shape index (κ1) is 24.8. The SMILES string of the molecule is [C-]#[N+]c1c(C(F)(F)F)cc(-c2ccc(N(C)c3ccccc3)cc2)n(Cc2ccc(C)cc2C)c1=O. The van der Waals surface area contributed by atoms with E-state index in [1.807, 2.05) is 74.3 Å². The summed E-state index contributed by atoms with van der Waals surface area (Å²) in [5.41, 5.74) is 1.99. The average Bonchev–Trinajstić information content (AvgIpc) is 2.86. The highest BCUT2D eigenvalue weighted by Crippen LogP contribution is 2.37. The number of halogens is 3. The zero-order chi connectivity index (χ0) is 26.0. The Morgan fingerprint density at radius 3 is 2.14 bits per heavy atom. The van der Waals surface area contributed by atoms with Gasteiger partial charge in [-0.05, 0) is 60.9 Å². The van der Waals surface area contributed by atoms with Crippen LogP contribution in [-0.4, -0.2) is 11.6 Å². The Morgan fingerprint density at radius 1 is 0.917 bits per heavy atom. The number of anilines is 2. The molecule has 0 spiro atoms. The molecule has 36 heavy (non-hydrogen) atoms. The maximum absolute atomic E-state index is 13.8. The van der Waals surface area contributed by atoms with E-state index in [4.69, 9.17) is 6.57 Å². The fourth-order valence-electron chi connectivity index (χ4n) is 4.21. The van der Waals surface area contributed by atoms with Gasteiger partial charge in [0.15, 0.2) is 0 Å². The van der Waals surface area contributed by atoms with Crippen LogP contribution in [0, 0.1) is 20.4 Å². The summed E-state index contributed by atoms with van der Waals surface area (Å²) in [5, 5.41) is 0. The van der Waals surface area contributed by atoms with Crippen molar-refractivity contribution in [1.82, 2.24) is 4.57 Å². The molecule has 4 nitrogen and oxygen atoms in total.